The maximum Gasteiger partial charge on any atom is 0.0949 e. The lowest BCUT2D eigenvalue weighted by Crippen LogP contribution is -2.33. The fourth-order valence-electron chi connectivity index (χ4n) is 3.30. The third kappa shape index (κ3) is 3.66. The van der Waals surface area contributed by atoms with Gasteiger partial charge in [0.25, 0.3) is 0 Å². The Hall–Kier alpha value is -1.77. The van der Waals surface area contributed by atoms with Crippen LogP contribution in [0.3, 0.4) is 0 Å². The van der Waals surface area contributed by atoms with E-state index in [0.717, 1.165) is 18.4 Å². The summed E-state index contributed by atoms with van der Waals surface area (Å²) < 4.78 is 2.10. The molecule has 0 saturated heterocycles. The molecule has 0 spiro atoms. The van der Waals surface area contributed by atoms with Gasteiger partial charge >= 0.3 is 0 Å². The van der Waals surface area contributed by atoms with E-state index in [-0.39, 0.29) is 0 Å². The van der Waals surface area contributed by atoms with Gasteiger partial charge in [-0.2, -0.15) is 0 Å². The third-order valence-corrected chi connectivity index (χ3v) is 4.66. The first kappa shape index (κ1) is 14.2. The Morgan fingerprint density at radius 2 is 2.19 bits per heavy atom. The Morgan fingerprint density at radius 1 is 1.29 bits per heavy atom. The molecule has 3 rings (SSSR count). The minimum absolute atomic E-state index is 0.609. The number of nitrogens with zero attached hydrogens (tertiary/aromatic N) is 2. The van der Waals surface area contributed by atoms with E-state index in [9.17, 15) is 0 Å². The van der Waals surface area contributed by atoms with Gasteiger partial charge in [-0.15, -0.1) is 0 Å². The summed E-state index contributed by atoms with van der Waals surface area (Å²) in [6.07, 6.45) is 9.70. The van der Waals surface area contributed by atoms with Gasteiger partial charge in [-0.3, -0.25) is 0 Å². The Balaban J connectivity index is 1.68. The molecular weight excluding hydrogens is 258 g/mol. The van der Waals surface area contributed by atoms with Crippen molar-refractivity contribution in [3.05, 3.63) is 48.5 Å². The maximum absolute atomic E-state index is 4.10. The molecule has 21 heavy (non-hydrogen) atoms. The van der Waals surface area contributed by atoms with Crippen LogP contribution in [0.5, 0.6) is 0 Å². The molecule has 1 fully saturated rings. The SMILES string of the molecule is CC1CCC(C)C(Nc2cccc(Cn3ccnc3)c2)C1. The molecule has 1 saturated carbocycles. The fourth-order valence-corrected chi connectivity index (χ4v) is 3.30. The number of hydrogen-bond donors (Lipinski definition) is 1. The highest BCUT2D eigenvalue weighted by atomic mass is 15.0. The van der Waals surface area contributed by atoms with Crippen LogP contribution >= 0.6 is 0 Å². The molecule has 1 heterocycles. The number of imidazole rings is 1. The molecule has 1 aliphatic rings. The first-order valence-electron chi connectivity index (χ1n) is 8.02. The topological polar surface area (TPSA) is 29.9 Å². The van der Waals surface area contributed by atoms with Crippen LogP contribution in [-0.2, 0) is 6.54 Å². The van der Waals surface area contributed by atoms with Crippen LogP contribution in [0.15, 0.2) is 43.0 Å². The summed E-state index contributed by atoms with van der Waals surface area (Å²) in [7, 11) is 0. The minimum atomic E-state index is 0.609. The fraction of sp³-hybridized carbons (Fsp3) is 0.500. The highest BCUT2D eigenvalue weighted by molar-refractivity contribution is 5.46. The zero-order chi connectivity index (χ0) is 14.7. The van der Waals surface area contributed by atoms with Crippen LogP contribution in [0.4, 0.5) is 5.69 Å². The number of benzene rings is 1. The van der Waals surface area contributed by atoms with Crippen LogP contribution < -0.4 is 5.32 Å². The molecular formula is C18H25N3. The van der Waals surface area contributed by atoms with E-state index in [4.69, 9.17) is 0 Å². The monoisotopic (exact) mass is 283 g/mol. The van der Waals surface area contributed by atoms with Crippen molar-refractivity contribution in [2.75, 3.05) is 5.32 Å². The molecule has 3 atom stereocenters. The molecule has 3 heteroatoms. The summed E-state index contributed by atoms with van der Waals surface area (Å²) in [5.74, 6) is 1.60. The maximum atomic E-state index is 4.10. The average molecular weight is 283 g/mol. The van der Waals surface area contributed by atoms with Crippen molar-refractivity contribution >= 4 is 5.69 Å². The van der Waals surface area contributed by atoms with Crippen molar-refractivity contribution in [3.8, 4) is 0 Å². The molecule has 1 aromatic heterocycles. The van der Waals surface area contributed by atoms with Crippen LogP contribution in [0, 0.1) is 11.8 Å². The Morgan fingerprint density at radius 3 is 3.00 bits per heavy atom. The molecule has 1 N–H and O–H groups in total. The first-order chi connectivity index (χ1) is 10.2. The lowest BCUT2D eigenvalue weighted by Gasteiger charge is -2.34. The third-order valence-electron chi connectivity index (χ3n) is 4.66. The van der Waals surface area contributed by atoms with E-state index in [2.05, 4.69) is 53.0 Å². The second-order valence-corrected chi connectivity index (χ2v) is 6.58. The largest absolute Gasteiger partial charge is 0.382 e. The molecule has 112 valence electrons. The molecule has 3 unspecified atom stereocenters. The molecule has 1 aromatic carbocycles. The van der Waals surface area contributed by atoms with Gasteiger partial charge in [0.2, 0.25) is 0 Å². The minimum Gasteiger partial charge on any atom is -0.382 e. The molecule has 0 radical (unpaired) electrons. The lowest BCUT2D eigenvalue weighted by atomic mass is 9.80. The molecule has 3 nitrogen and oxygen atoms in total. The van der Waals surface area contributed by atoms with Crippen LogP contribution in [0.25, 0.3) is 0 Å². The molecule has 0 bridgehead atoms. The van der Waals surface area contributed by atoms with E-state index in [1.165, 1.54) is 30.5 Å². The van der Waals surface area contributed by atoms with Crippen molar-refractivity contribution in [3.63, 3.8) is 0 Å². The lowest BCUT2D eigenvalue weighted by molar-refractivity contribution is 0.280. The van der Waals surface area contributed by atoms with Gasteiger partial charge in [0, 0.05) is 30.7 Å². The van der Waals surface area contributed by atoms with E-state index in [1.54, 1.807) is 0 Å². The normalized spacial score (nSPS) is 25.7. The summed E-state index contributed by atoms with van der Waals surface area (Å²) in [5, 5.41) is 3.76. The number of rotatable bonds is 4. The van der Waals surface area contributed by atoms with Crippen molar-refractivity contribution in [2.24, 2.45) is 11.8 Å². The van der Waals surface area contributed by atoms with Gasteiger partial charge in [0.1, 0.15) is 0 Å². The van der Waals surface area contributed by atoms with Gasteiger partial charge in [-0.1, -0.05) is 32.4 Å². The highest BCUT2D eigenvalue weighted by Crippen LogP contribution is 2.30. The van der Waals surface area contributed by atoms with Gasteiger partial charge < -0.3 is 9.88 Å². The molecule has 2 aromatic rings. The second kappa shape index (κ2) is 6.33. The predicted octanol–water partition coefficient (Wildman–Crippen LogP) is 4.17. The predicted molar refractivity (Wildman–Crippen MR) is 87.4 cm³/mol. The van der Waals surface area contributed by atoms with E-state index >= 15 is 0 Å². The van der Waals surface area contributed by atoms with Crippen LogP contribution in [0.2, 0.25) is 0 Å². The second-order valence-electron chi connectivity index (χ2n) is 6.58. The molecule has 1 aliphatic carbocycles. The summed E-state index contributed by atoms with van der Waals surface area (Å²) >= 11 is 0. The number of anilines is 1. The zero-order valence-electron chi connectivity index (χ0n) is 13.0. The van der Waals surface area contributed by atoms with Crippen LogP contribution in [0.1, 0.15) is 38.7 Å². The van der Waals surface area contributed by atoms with Crippen molar-refractivity contribution in [2.45, 2.75) is 45.7 Å². The number of aromatic nitrogens is 2. The highest BCUT2D eigenvalue weighted by Gasteiger charge is 2.25. The number of hydrogen-bond acceptors (Lipinski definition) is 2. The van der Waals surface area contributed by atoms with Gasteiger partial charge in [-0.05, 0) is 42.4 Å². The smallest absolute Gasteiger partial charge is 0.0949 e. The van der Waals surface area contributed by atoms with E-state index < -0.39 is 0 Å². The van der Waals surface area contributed by atoms with Crippen molar-refractivity contribution in [1.82, 2.24) is 9.55 Å². The van der Waals surface area contributed by atoms with Crippen LogP contribution in [-0.4, -0.2) is 15.6 Å². The Bertz CT molecular complexity index is 562. The average Bonchev–Trinajstić information content (AvgIpc) is 2.96. The van der Waals surface area contributed by atoms with Crippen molar-refractivity contribution < 1.29 is 0 Å². The van der Waals surface area contributed by atoms with Crippen molar-refractivity contribution in [1.29, 1.82) is 0 Å². The first-order valence-corrected chi connectivity index (χ1v) is 8.02. The molecule has 0 amide bonds. The van der Waals surface area contributed by atoms with E-state index in [0.29, 0.717) is 6.04 Å². The Kier molecular flexibility index (Phi) is 4.28. The quantitative estimate of drug-likeness (QED) is 0.912. The number of nitrogens with one attached hydrogen (secondary N) is 1. The van der Waals surface area contributed by atoms with Gasteiger partial charge in [-0.25, -0.2) is 4.98 Å². The van der Waals surface area contributed by atoms with Gasteiger partial charge in [0.15, 0.2) is 0 Å². The summed E-state index contributed by atoms with van der Waals surface area (Å²) in [6, 6.07) is 9.39. The van der Waals surface area contributed by atoms with Gasteiger partial charge in [0.05, 0.1) is 6.33 Å². The standard InChI is InChI=1S/C18H25N3/c1-14-6-7-15(2)18(10-14)20-17-5-3-4-16(11-17)12-21-9-8-19-13-21/h3-5,8-9,11,13-15,18,20H,6-7,10,12H2,1-2H3. The zero-order valence-corrected chi connectivity index (χ0v) is 13.0. The molecule has 0 aliphatic heterocycles. The summed E-state index contributed by atoms with van der Waals surface area (Å²) in [5.41, 5.74) is 2.56. The summed E-state index contributed by atoms with van der Waals surface area (Å²) in [6.45, 7) is 5.63. The summed E-state index contributed by atoms with van der Waals surface area (Å²) in [4.78, 5) is 4.10. The van der Waals surface area contributed by atoms with E-state index in [1.807, 2.05) is 18.7 Å². The Labute approximate surface area is 127 Å².